The van der Waals surface area contributed by atoms with E-state index in [1.807, 2.05) is 30.3 Å². The molecule has 0 aromatic heterocycles. The molecule has 0 fully saturated rings. The maximum absolute atomic E-state index is 11.8. The van der Waals surface area contributed by atoms with Gasteiger partial charge in [-0.1, -0.05) is 42.1 Å². The molecule has 0 spiro atoms. The molecule has 0 aliphatic rings. The van der Waals surface area contributed by atoms with Gasteiger partial charge in [-0.25, -0.2) is 4.79 Å². The zero-order chi connectivity index (χ0) is 16.7. The number of non-ortho nitro benzene ring substituents is 1. The van der Waals surface area contributed by atoms with Crippen LogP contribution < -0.4 is 0 Å². The molecule has 23 heavy (non-hydrogen) atoms. The number of thioether (sulfide) groups is 1. The average molecular weight is 329 g/mol. The summed E-state index contributed by atoms with van der Waals surface area (Å²) in [7, 11) is 0. The van der Waals surface area contributed by atoms with Gasteiger partial charge in [0.15, 0.2) is 0 Å². The number of ether oxygens (including phenoxy) is 1. The van der Waals surface area contributed by atoms with Crippen LogP contribution >= 0.6 is 11.8 Å². The van der Waals surface area contributed by atoms with E-state index in [0.717, 1.165) is 15.4 Å². The maximum atomic E-state index is 11.8. The minimum atomic E-state index is -0.443. The number of hydrogen-bond acceptors (Lipinski definition) is 5. The van der Waals surface area contributed by atoms with Crippen LogP contribution in [0.3, 0.4) is 0 Å². The van der Waals surface area contributed by atoms with E-state index in [9.17, 15) is 14.9 Å². The van der Waals surface area contributed by atoms with Crippen molar-refractivity contribution in [2.24, 2.45) is 0 Å². The van der Waals surface area contributed by atoms with Crippen LogP contribution in [-0.2, 0) is 9.53 Å². The van der Waals surface area contributed by atoms with E-state index < -0.39 is 10.9 Å². The second kappa shape index (κ2) is 8.14. The third-order valence-electron chi connectivity index (χ3n) is 2.87. The fourth-order valence-electron chi connectivity index (χ4n) is 1.83. The third kappa shape index (κ3) is 4.96. The van der Waals surface area contributed by atoms with E-state index >= 15 is 0 Å². The van der Waals surface area contributed by atoms with E-state index in [2.05, 4.69) is 0 Å². The van der Waals surface area contributed by atoms with Crippen LogP contribution in [0.4, 0.5) is 5.69 Å². The highest BCUT2D eigenvalue weighted by Crippen LogP contribution is 2.34. The molecule has 0 N–H and O–H groups in total. The SMILES string of the molecule is CCOC(=O)/C=C(/Sc1ccc([N+](=O)[O-])cc1)c1ccccc1. The molecule has 2 aromatic carbocycles. The van der Waals surface area contributed by atoms with Gasteiger partial charge >= 0.3 is 5.97 Å². The fourth-order valence-corrected chi connectivity index (χ4v) is 2.76. The van der Waals surface area contributed by atoms with Gasteiger partial charge in [0.25, 0.3) is 5.69 Å². The molecule has 0 saturated carbocycles. The largest absolute Gasteiger partial charge is 0.463 e. The molecular formula is C17H15NO4S. The van der Waals surface area contributed by atoms with Gasteiger partial charge in [0.2, 0.25) is 0 Å². The number of rotatable bonds is 6. The molecule has 0 unspecified atom stereocenters. The number of carbonyl (C=O) groups excluding carboxylic acids is 1. The van der Waals surface area contributed by atoms with Crippen molar-refractivity contribution in [3.8, 4) is 0 Å². The molecule has 0 atom stereocenters. The summed E-state index contributed by atoms with van der Waals surface area (Å²) in [6, 6.07) is 15.6. The van der Waals surface area contributed by atoms with Crippen molar-refractivity contribution in [2.75, 3.05) is 6.61 Å². The van der Waals surface area contributed by atoms with Crippen LogP contribution in [0.2, 0.25) is 0 Å². The maximum Gasteiger partial charge on any atom is 0.331 e. The zero-order valence-electron chi connectivity index (χ0n) is 12.5. The molecule has 0 radical (unpaired) electrons. The Hall–Kier alpha value is -2.60. The number of nitro groups is 1. The van der Waals surface area contributed by atoms with Gasteiger partial charge in [-0.2, -0.15) is 0 Å². The van der Waals surface area contributed by atoms with E-state index in [1.165, 1.54) is 30.0 Å². The summed E-state index contributed by atoms with van der Waals surface area (Å²) in [5.74, 6) is -0.416. The van der Waals surface area contributed by atoms with Crippen LogP contribution in [0, 0.1) is 10.1 Å². The lowest BCUT2D eigenvalue weighted by Gasteiger charge is -2.08. The molecule has 2 aromatic rings. The molecule has 0 aliphatic heterocycles. The number of nitro benzene ring substituents is 1. The van der Waals surface area contributed by atoms with Crippen molar-refractivity contribution in [1.82, 2.24) is 0 Å². The van der Waals surface area contributed by atoms with Crippen LogP contribution in [0.1, 0.15) is 12.5 Å². The molecule has 0 amide bonds. The van der Waals surface area contributed by atoms with E-state index in [-0.39, 0.29) is 5.69 Å². The number of nitrogens with zero attached hydrogens (tertiary/aromatic N) is 1. The topological polar surface area (TPSA) is 69.4 Å². The lowest BCUT2D eigenvalue weighted by Crippen LogP contribution is -2.00. The van der Waals surface area contributed by atoms with Crippen molar-refractivity contribution in [1.29, 1.82) is 0 Å². The Morgan fingerprint density at radius 1 is 1.17 bits per heavy atom. The van der Waals surface area contributed by atoms with Gasteiger partial charge in [-0.05, 0) is 24.6 Å². The molecule has 0 saturated heterocycles. The van der Waals surface area contributed by atoms with Crippen molar-refractivity contribution in [3.05, 3.63) is 76.4 Å². The van der Waals surface area contributed by atoms with Crippen molar-refractivity contribution in [2.45, 2.75) is 11.8 Å². The van der Waals surface area contributed by atoms with Gasteiger partial charge in [0.05, 0.1) is 11.5 Å². The molecule has 0 bridgehead atoms. The first-order valence-corrected chi connectivity index (χ1v) is 7.78. The second-order valence-corrected chi connectivity index (χ2v) is 5.60. The van der Waals surface area contributed by atoms with Crippen LogP contribution in [0.25, 0.3) is 4.91 Å². The third-order valence-corrected chi connectivity index (χ3v) is 3.95. The van der Waals surface area contributed by atoms with Crippen LogP contribution in [-0.4, -0.2) is 17.5 Å². The highest BCUT2D eigenvalue weighted by atomic mass is 32.2. The molecule has 6 heteroatoms. The van der Waals surface area contributed by atoms with Crippen LogP contribution in [0.15, 0.2) is 65.6 Å². The van der Waals surface area contributed by atoms with Crippen LogP contribution in [0.5, 0.6) is 0 Å². The normalized spacial score (nSPS) is 11.1. The molecular weight excluding hydrogens is 314 g/mol. The standard InChI is InChI=1S/C17H15NO4S/c1-2-22-17(19)12-16(13-6-4-3-5-7-13)23-15-10-8-14(9-11-15)18(20)21/h3-12H,2H2,1H3/b16-12+. The molecule has 118 valence electrons. The predicted molar refractivity (Wildman–Crippen MR) is 90.0 cm³/mol. The minimum absolute atomic E-state index is 0.0324. The Kier molecular flexibility index (Phi) is 5.94. The van der Waals surface area contributed by atoms with E-state index in [0.29, 0.717) is 6.61 Å². The Labute approximate surface area is 138 Å². The summed E-state index contributed by atoms with van der Waals surface area (Å²) in [6.45, 7) is 2.05. The highest BCUT2D eigenvalue weighted by Gasteiger charge is 2.10. The first-order chi connectivity index (χ1) is 11.1. The predicted octanol–water partition coefficient (Wildman–Crippen LogP) is 4.29. The number of esters is 1. The zero-order valence-corrected chi connectivity index (χ0v) is 13.3. The Balaban J connectivity index is 2.27. The van der Waals surface area contributed by atoms with Crippen molar-refractivity contribution >= 4 is 28.3 Å². The molecule has 2 rings (SSSR count). The number of hydrogen-bond donors (Lipinski definition) is 0. The Morgan fingerprint density at radius 3 is 2.39 bits per heavy atom. The highest BCUT2D eigenvalue weighted by molar-refractivity contribution is 8.08. The second-order valence-electron chi connectivity index (χ2n) is 4.48. The summed E-state index contributed by atoms with van der Waals surface area (Å²) < 4.78 is 4.96. The number of benzene rings is 2. The molecule has 5 nitrogen and oxygen atoms in total. The lowest BCUT2D eigenvalue weighted by atomic mass is 10.2. The van der Waals surface area contributed by atoms with E-state index in [4.69, 9.17) is 4.74 Å². The Bertz CT molecular complexity index is 711. The lowest BCUT2D eigenvalue weighted by molar-refractivity contribution is -0.384. The molecule has 0 heterocycles. The minimum Gasteiger partial charge on any atom is -0.463 e. The smallest absolute Gasteiger partial charge is 0.331 e. The Morgan fingerprint density at radius 2 is 1.83 bits per heavy atom. The van der Waals surface area contributed by atoms with Gasteiger partial charge < -0.3 is 4.74 Å². The van der Waals surface area contributed by atoms with Gasteiger partial charge in [0.1, 0.15) is 0 Å². The van der Waals surface area contributed by atoms with Gasteiger partial charge in [-0.15, -0.1) is 0 Å². The van der Waals surface area contributed by atoms with Crippen molar-refractivity contribution < 1.29 is 14.5 Å². The summed E-state index contributed by atoms with van der Waals surface area (Å²) in [6.07, 6.45) is 1.44. The summed E-state index contributed by atoms with van der Waals surface area (Å²) in [5, 5.41) is 10.7. The monoisotopic (exact) mass is 329 g/mol. The first kappa shape index (κ1) is 16.8. The fraction of sp³-hybridized carbons (Fsp3) is 0.118. The first-order valence-electron chi connectivity index (χ1n) is 6.96. The quantitative estimate of drug-likeness (QED) is 0.260. The van der Waals surface area contributed by atoms with Crippen molar-refractivity contribution in [3.63, 3.8) is 0 Å². The summed E-state index contributed by atoms with van der Waals surface area (Å²) in [5.41, 5.74) is 0.911. The van der Waals surface area contributed by atoms with Gasteiger partial charge in [0, 0.05) is 28.0 Å². The average Bonchev–Trinajstić information content (AvgIpc) is 2.56. The number of carbonyl (C=O) groups is 1. The van der Waals surface area contributed by atoms with E-state index in [1.54, 1.807) is 19.1 Å². The van der Waals surface area contributed by atoms with Gasteiger partial charge in [-0.3, -0.25) is 10.1 Å². The summed E-state index contributed by atoms with van der Waals surface area (Å²) >= 11 is 1.35. The molecule has 0 aliphatic carbocycles. The summed E-state index contributed by atoms with van der Waals surface area (Å²) in [4.78, 5) is 23.5.